The molecule has 0 fully saturated rings. The maximum absolute atomic E-state index is 13.4. The summed E-state index contributed by atoms with van der Waals surface area (Å²) < 4.78 is 5.21. The van der Waals surface area contributed by atoms with Crippen LogP contribution in [0.5, 0.6) is 0 Å². The minimum Gasteiger partial charge on any atom is -0.444 e. The highest BCUT2D eigenvalue weighted by Gasteiger charge is 2.32. The molecule has 32 heavy (non-hydrogen) atoms. The average molecular weight is 446 g/mol. The molecule has 1 aromatic carbocycles. The molecule has 0 aliphatic carbocycles. The van der Waals surface area contributed by atoms with Crippen LogP contribution in [0.3, 0.4) is 0 Å². The number of hydrogen-bond donors (Lipinski definition) is 2. The lowest BCUT2D eigenvalue weighted by Gasteiger charge is -2.32. The van der Waals surface area contributed by atoms with Gasteiger partial charge in [-0.25, -0.2) is 4.79 Å². The number of ether oxygens (including phenoxy) is 1. The predicted octanol–water partition coefficient (Wildman–Crippen LogP) is 4.19. The van der Waals surface area contributed by atoms with Crippen LogP contribution in [0.15, 0.2) is 30.9 Å². The van der Waals surface area contributed by atoms with Crippen LogP contribution in [0.2, 0.25) is 0 Å². The van der Waals surface area contributed by atoms with Crippen molar-refractivity contribution >= 4 is 17.9 Å². The minimum absolute atomic E-state index is 0.0271. The Balaban J connectivity index is 3.24. The van der Waals surface area contributed by atoms with Gasteiger partial charge in [0.15, 0.2) is 0 Å². The third kappa shape index (κ3) is 8.73. The molecule has 3 amide bonds. The first kappa shape index (κ1) is 27.2. The van der Waals surface area contributed by atoms with E-state index < -0.39 is 23.6 Å². The van der Waals surface area contributed by atoms with E-state index in [1.807, 2.05) is 39.0 Å². The molecular weight excluding hydrogens is 406 g/mol. The fourth-order valence-corrected chi connectivity index (χ4v) is 3.39. The summed E-state index contributed by atoms with van der Waals surface area (Å²) in [6.45, 7) is 16.7. The van der Waals surface area contributed by atoms with E-state index in [-0.39, 0.29) is 25.0 Å². The van der Waals surface area contributed by atoms with E-state index in [0.717, 1.165) is 29.5 Å². The van der Waals surface area contributed by atoms with Crippen LogP contribution >= 0.6 is 0 Å². The summed E-state index contributed by atoms with van der Waals surface area (Å²) in [4.78, 5) is 40.0. The van der Waals surface area contributed by atoms with E-state index in [4.69, 9.17) is 4.74 Å². The predicted molar refractivity (Wildman–Crippen MR) is 127 cm³/mol. The number of nitrogens with one attached hydrogen (secondary N) is 2. The van der Waals surface area contributed by atoms with Gasteiger partial charge in [0.25, 0.3) is 0 Å². The zero-order valence-corrected chi connectivity index (χ0v) is 20.6. The van der Waals surface area contributed by atoms with Crippen molar-refractivity contribution in [3.8, 4) is 0 Å². The number of aryl methyl sites for hydroxylation is 2. The van der Waals surface area contributed by atoms with Gasteiger partial charge >= 0.3 is 6.09 Å². The Labute approximate surface area is 192 Å². The Morgan fingerprint density at radius 1 is 1.22 bits per heavy atom. The molecule has 2 atom stereocenters. The fourth-order valence-electron chi connectivity index (χ4n) is 3.39. The summed E-state index contributed by atoms with van der Waals surface area (Å²) in [5.41, 5.74) is 1.96. The van der Waals surface area contributed by atoms with E-state index in [1.54, 1.807) is 26.8 Å². The first-order chi connectivity index (χ1) is 14.9. The van der Waals surface area contributed by atoms with Gasteiger partial charge < -0.3 is 20.3 Å². The number of carbonyl (C=O) groups is 3. The maximum atomic E-state index is 13.4. The van der Waals surface area contributed by atoms with Gasteiger partial charge in [0.2, 0.25) is 11.8 Å². The van der Waals surface area contributed by atoms with Gasteiger partial charge in [-0.1, -0.05) is 43.2 Å². The highest BCUT2D eigenvalue weighted by Crippen LogP contribution is 2.26. The van der Waals surface area contributed by atoms with Crippen molar-refractivity contribution in [2.24, 2.45) is 0 Å². The Hall–Kier alpha value is -2.83. The zero-order valence-electron chi connectivity index (χ0n) is 20.6. The molecule has 0 aromatic heterocycles. The zero-order chi connectivity index (χ0) is 24.5. The van der Waals surface area contributed by atoms with Crippen molar-refractivity contribution in [3.05, 3.63) is 47.5 Å². The molecule has 0 saturated heterocycles. The number of hydrogen-bond acceptors (Lipinski definition) is 4. The van der Waals surface area contributed by atoms with Gasteiger partial charge in [-0.2, -0.15) is 0 Å². The maximum Gasteiger partial charge on any atom is 0.408 e. The molecular formula is C25H39N3O4. The Morgan fingerprint density at radius 3 is 2.44 bits per heavy atom. The second-order valence-electron chi connectivity index (χ2n) is 9.15. The summed E-state index contributed by atoms with van der Waals surface area (Å²) in [7, 11) is 0. The Bertz CT molecular complexity index is 814. The smallest absolute Gasteiger partial charge is 0.408 e. The summed E-state index contributed by atoms with van der Waals surface area (Å²) in [5, 5.41) is 5.53. The van der Waals surface area contributed by atoms with Crippen LogP contribution in [-0.2, 0) is 14.3 Å². The molecule has 178 valence electrons. The van der Waals surface area contributed by atoms with Crippen LogP contribution in [-0.4, -0.2) is 47.5 Å². The average Bonchev–Trinajstić information content (AvgIpc) is 2.67. The second-order valence-corrected chi connectivity index (χ2v) is 9.15. The molecule has 1 rings (SSSR count). The molecule has 0 radical (unpaired) electrons. The van der Waals surface area contributed by atoms with Gasteiger partial charge in [-0.15, -0.1) is 6.58 Å². The first-order valence-corrected chi connectivity index (χ1v) is 11.1. The molecule has 1 aromatic rings. The molecule has 2 unspecified atom stereocenters. The van der Waals surface area contributed by atoms with Gasteiger partial charge in [0.1, 0.15) is 18.2 Å². The van der Waals surface area contributed by atoms with Crippen molar-refractivity contribution in [2.45, 2.75) is 79.0 Å². The van der Waals surface area contributed by atoms with E-state index in [2.05, 4.69) is 24.1 Å². The van der Waals surface area contributed by atoms with Gasteiger partial charge in [0, 0.05) is 12.6 Å². The quantitative estimate of drug-likeness (QED) is 0.529. The SMILES string of the molecule is C=CCN(C(=O)CNC(=O)OC(C)(C)C)C(C(=O)NC(C)CCC)c1cc(C)ccc1C. The van der Waals surface area contributed by atoms with Crippen molar-refractivity contribution in [1.82, 2.24) is 15.5 Å². The topological polar surface area (TPSA) is 87.7 Å². The molecule has 7 nitrogen and oxygen atoms in total. The van der Waals surface area contributed by atoms with Gasteiger partial charge in [0.05, 0.1) is 0 Å². The molecule has 0 spiro atoms. The molecule has 0 heterocycles. The lowest BCUT2D eigenvalue weighted by atomic mass is 9.96. The van der Waals surface area contributed by atoms with Gasteiger partial charge in [-0.3, -0.25) is 9.59 Å². The van der Waals surface area contributed by atoms with Crippen molar-refractivity contribution in [2.75, 3.05) is 13.1 Å². The first-order valence-electron chi connectivity index (χ1n) is 11.1. The molecule has 0 bridgehead atoms. The number of rotatable bonds is 10. The highest BCUT2D eigenvalue weighted by molar-refractivity contribution is 5.91. The molecule has 7 heteroatoms. The normalized spacial score (nSPS) is 13.0. The largest absolute Gasteiger partial charge is 0.444 e. The van der Waals surface area contributed by atoms with E-state index in [0.29, 0.717) is 0 Å². The summed E-state index contributed by atoms with van der Waals surface area (Å²) >= 11 is 0. The molecule has 0 aliphatic rings. The number of amides is 3. The standard InChI is InChI=1S/C25H39N3O4/c1-9-11-19(5)27-23(30)22(20-15-17(3)12-13-18(20)4)28(14-10-2)21(29)16-26-24(31)32-25(6,7)8/h10,12-13,15,19,22H,2,9,11,14,16H2,1,3-8H3,(H,26,31)(H,27,30). The van der Waals surface area contributed by atoms with E-state index in [1.165, 1.54) is 4.90 Å². The number of benzene rings is 1. The lowest BCUT2D eigenvalue weighted by Crippen LogP contribution is -2.49. The number of nitrogens with zero attached hydrogens (tertiary/aromatic N) is 1. The van der Waals surface area contributed by atoms with Crippen molar-refractivity contribution < 1.29 is 19.1 Å². The fraction of sp³-hybridized carbons (Fsp3) is 0.560. The number of alkyl carbamates (subject to hydrolysis) is 1. The Kier molecular flexibility index (Phi) is 10.4. The third-order valence-corrected chi connectivity index (χ3v) is 4.83. The van der Waals surface area contributed by atoms with Gasteiger partial charge in [-0.05, 0) is 59.1 Å². The molecule has 0 saturated carbocycles. The lowest BCUT2D eigenvalue weighted by molar-refractivity contribution is -0.139. The summed E-state index contributed by atoms with van der Waals surface area (Å²) in [5.74, 6) is -0.660. The number of carbonyl (C=O) groups excluding carboxylic acids is 3. The van der Waals surface area contributed by atoms with E-state index in [9.17, 15) is 14.4 Å². The third-order valence-electron chi connectivity index (χ3n) is 4.83. The van der Waals surface area contributed by atoms with E-state index >= 15 is 0 Å². The summed E-state index contributed by atoms with van der Waals surface area (Å²) in [6.07, 6.45) is 2.66. The minimum atomic E-state index is -0.847. The summed E-state index contributed by atoms with van der Waals surface area (Å²) in [6, 6.07) is 4.96. The highest BCUT2D eigenvalue weighted by atomic mass is 16.6. The van der Waals surface area contributed by atoms with Crippen LogP contribution in [0.25, 0.3) is 0 Å². The van der Waals surface area contributed by atoms with Crippen LogP contribution in [0.1, 0.15) is 70.2 Å². The van der Waals surface area contributed by atoms with Crippen molar-refractivity contribution in [1.29, 1.82) is 0 Å². The monoisotopic (exact) mass is 445 g/mol. The van der Waals surface area contributed by atoms with Crippen LogP contribution < -0.4 is 10.6 Å². The molecule has 0 aliphatic heterocycles. The van der Waals surface area contributed by atoms with Crippen molar-refractivity contribution in [3.63, 3.8) is 0 Å². The molecule has 2 N–H and O–H groups in total. The second kappa shape index (κ2) is 12.3. The Morgan fingerprint density at radius 2 is 1.88 bits per heavy atom. The van der Waals surface area contributed by atoms with Crippen LogP contribution in [0, 0.1) is 13.8 Å². The van der Waals surface area contributed by atoms with Crippen LogP contribution in [0.4, 0.5) is 4.79 Å².